The molecule has 3 heteroatoms. The highest BCUT2D eigenvalue weighted by molar-refractivity contribution is 9.09. The second kappa shape index (κ2) is 3.69. The maximum Gasteiger partial charge on any atom is 0.282 e. The molecule has 6 heavy (non-hydrogen) atoms. The Morgan fingerprint density at radius 1 is 2.00 bits per heavy atom. The lowest BCUT2D eigenvalue weighted by atomic mass is 10.5. The van der Waals surface area contributed by atoms with Gasteiger partial charge in [0.15, 0.2) is 0 Å². The van der Waals surface area contributed by atoms with Gasteiger partial charge in [0.1, 0.15) is 0 Å². The van der Waals surface area contributed by atoms with Gasteiger partial charge in [-0.2, -0.15) is 0 Å². The first-order chi connectivity index (χ1) is 2.77. The van der Waals surface area contributed by atoms with Gasteiger partial charge in [0, 0.05) is 11.4 Å². The van der Waals surface area contributed by atoms with Gasteiger partial charge in [-0.05, 0) is 0 Å². The maximum absolute atomic E-state index is 4.70. The predicted octanol–water partition coefficient (Wildman–Crippen LogP) is 0.870. The summed E-state index contributed by atoms with van der Waals surface area (Å²) < 4.78 is 4.26. The van der Waals surface area contributed by atoms with Gasteiger partial charge >= 0.3 is 0 Å². The Balaban J connectivity index is 2.63. The lowest BCUT2D eigenvalue weighted by Crippen LogP contribution is -2.00. The van der Waals surface area contributed by atoms with Crippen LogP contribution in [0, 0.1) is 0 Å². The van der Waals surface area contributed by atoms with Crippen molar-refractivity contribution in [2.75, 3.05) is 6.61 Å². The highest BCUT2D eigenvalue weighted by Crippen LogP contribution is 1.94. The number of halogens is 1. The molecule has 0 aliphatic heterocycles. The summed E-state index contributed by atoms with van der Waals surface area (Å²) in [6, 6.07) is 0. The third-order valence-electron chi connectivity index (χ3n) is 0.326. The van der Waals surface area contributed by atoms with Gasteiger partial charge in [-0.25, -0.2) is 0 Å². The Morgan fingerprint density at radius 3 is 2.50 bits per heavy atom. The summed E-state index contributed by atoms with van der Waals surface area (Å²) in [4.78, 5) is 0.363. The van der Waals surface area contributed by atoms with Crippen LogP contribution in [0.5, 0.6) is 0 Å². The Hall–Kier alpha value is 0.505. The smallest absolute Gasteiger partial charge is 0.282 e. The van der Waals surface area contributed by atoms with Gasteiger partial charge in [0.2, 0.25) is 0 Å². The van der Waals surface area contributed by atoms with Crippen LogP contribution >= 0.6 is 15.9 Å². The molecule has 0 amide bonds. The van der Waals surface area contributed by atoms with E-state index in [1.807, 2.05) is 6.92 Å². The first-order valence-electron chi connectivity index (χ1n) is 1.73. The van der Waals surface area contributed by atoms with Crippen LogP contribution in [0.2, 0.25) is 0 Å². The van der Waals surface area contributed by atoms with Gasteiger partial charge < -0.3 is 4.65 Å². The molecule has 0 aromatic rings. The predicted molar refractivity (Wildman–Crippen MR) is 30.1 cm³/mol. The van der Waals surface area contributed by atoms with Crippen molar-refractivity contribution in [3.63, 3.8) is 0 Å². The number of rotatable bonds is 2. The number of alkyl halides is 1. The number of hydrogen-bond acceptors (Lipinski definition) is 1. The average molecular weight is 149 g/mol. The molecule has 0 aliphatic rings. The summed E-state index contributed by atoms with van der Waals surface area (Å²) in [6.45, 7) is 2.53. The normalized spacial score (nSPS) is 14.3. The summed E-state index contributed by atoms with van der Waals surface area (Å²) in [5.41, 5.74) is 0. The van der Waals surface area contributed by atoms with E-state index in [0.29, 0.717) is 11.4 Å². The van der Waals surface area contributed by atoms with Crippen LogP contribution in [0.15, 0.2) is 0 Å². The lowest BCUT2D eigenvalue weighted by molar-refractivity contribution is 0.356. The summed E-state index contributed by atoms with van der Waals surface area (Å²) in [7, 11) is 4.70. The molecule has 0 N–H and O–H groups in total. The zero-order valence-corrected chi connectivity index (χ0v) is 5.23. The van der Waals surface area contributed by atoms with Gasteiger partial charge in [0.05, 0.1) is 0 Å². The largest absolute Gasteiger partial charge is 0.446 e. The van der Waals surface area contributed by atoms with Gasteiger partial charge in [-0.15, -0.1) is 0 Å². The minimum atomic E-state index is 0.363. The molecule has 0 heterocycles. The van der Waals surface area contributed by atoms with E-state index in [2.05, 4.69) is 20.6 Å². The minimum Gasteiger partial charge on any atom is -0.446 e. The zero-order chi connectivity index (χ0) is 4.99. The fourth-order valence-corrected chi connectivity index (χ4v) is 0.285. The number of hydrogen-bond donors (Lipinski definition) is 0. The van der Waals surface area contributed by atoms with Crippen molar-refractivity contribution in [2.24, 2.45) is 0 Å². The van der Waals surface area contributed by atoms with Crippen LogP contribution < -0.4 is 0 Å². The Kier molecular flexibility index (Phi) is 4.00. The molecule has 0 aliphatic carbocycles. The maximum atomic E-state index is 4.70. The molecule has 1 atom stereocenters. The van der Waals surface area contributed by atoms with Crippen molar-refractivity contribution in [1.29, 1.82) is 0 Å². The second-order valence-corrected chi connectivity index (χ2v) is 2.68. The monoisotopic (exact) mass is 148 g/mol. The van der Waals surface area contributed by atoms with Crippen molar-refractivity contribution in [2.45, 2.75) is 11.8 Å². The van der Waals surface area contributed by atoms with Crippen LogP contribution in [0.25, 0.3) is 0 Å². The molecule has 0 bridgehead atoms. The standard InChI is InChI=1S/C3H6BBrO/c1-3(5)2-6-4/h3H,2H2,1H3. The van der Waals surface area contributed by atoms with Crippen LogP contribution in [-0.2, 0) is 4.65 Å². The molecule has 0 aromatic heterocycles. The molecule has 0 rings (SSSR count). The Morgan fingerprint density at radius 2 is 2.50 bits per heavy atom. The molecule has 0 aromatic carbocycles. The van der Waals surface area contributed by atoms with Gasteiger partial charge in [-0.3, -0.25) is 0 Å². The fraction of sp³-hybridized carbons (Fsp3) is 1.00. The van der Waals surface area contributed by atoms with Crippen LogP contribution in [-0.4, -0.2) is 19.5 Å². The molecule has 0 fully saturated rings. The molecule has 0 saturated heterocycles. The first-order valence-corrected chi connectivity index (χ1v) is 2.64. The molecule has 1 unspecified atom stereocenters. The quantitative estimate of drug-likeness (QED) is 0.417. The van der Waals surface area contributed by atoms with Crippen molar-refractivity contribution < 1.29 is 4.65 Å². The van der Waals surface area contributed by atoms with E-state index in [4.69, 9.17) is 8.05 Å². The summed E-state index contributed by atoms with van der Waals surface area (Å²) in [5, 5.41) is 0. The molecule has 0 spiro atoms. The van der Waals surface area contributed by atoms with E-state index in [9.17, 15) is 0 Å². The van der Waals surface area contributed by atoms with E-state index in [1.54, 1.807) is 0 Å². The van der Waals surface area contributed by atoms with E-state index >= 15 is 0 Å². The fourth-order valence-electron chi connectivity index (χ4n) is 0.133. The highest BCUT2D eigenvalue weighted by Gasteiger charge is 1.87. The molecule has 2 radical (unpaired) electrons. The third-order valence-corrected chi connectivity index (χ3v) is 0.590. The van der Waals surface area contributed by atoms with E-state index in [1.165, 1.54) is 0 Å². The molecular formula is C3H6BBrO. The molecular weight excluding hydrogens is 143 g/mol. The summed E-state index contributed by atoms with van der Waals surface area (Å²) in [6.07, 6.45) is 0. The highest BCUT2D eigenvalue weighted by atomic mass is 79.9. The van der Waals surface area contributed by atoms with Crippen LogP contribution in [0.3, 0.4) is 0 Å². The average Bonchev–Trinajstić information content (AvgIpc) is 1.35. The van der Waals surface area contributed by atoms with Crippen LogP contribution in [0.1, 0.15) is 6.92 Å². The van der Waals surface area contributed by atoms with Crippen molar-refractivity contribution in [3.05, 3.63) is 0 Å². The van der Waals surface area contributed by atoms with Gasteiger partial charge in [0.25, 0.3) is 8.05 Å². The third kappa shape index (κ3) is 4.50. The van der Waals surface area contributed by atoms with Crippen molar-refractivity contribution in [3.8, 4) is 0 Å². The lowest BCUT2D eigenvalue weighted by Gasteiger charge is -1.96. The van der Waals surface area contributed by atoms with E-state index in [0.717, 1.165) is 0 Å². The molecule has 0 saturated carbocycles. The van der Waals surface area contributed by atoms with Gasteiger partial charge in [-0.1, -0.05) is 22.9 Å². The molecule has 1 nitrogen and oxygen atoms in total. The summed E-state index contributed by atoms with van der Waals surface area (Å²) in [5.74, 6) is 0. The first kappa shape index (κ1) is 6.50. The minimum absolute atomic E-state index is 0.363. The van der Waals surface area contributed by atoms with E-state index < -0.39 is 0 Å². The molecule has 34 valence electrons. The topological polar surface area (TPSA) is 9.23 Å². The van der Waals surface area contributed by atoms with Crippen molar-refractivity contribution in [1.82, 2.24) is 0 Å². The second-order valence-electron chi connectivity index (χ2n) is 1.11. The van der Waals surface area contributed by atoms with Crippen LogP contribution in [0.4, 0.5) is 0 Å². The Bertz CT molecular complexity index is 32.0. The van der Waals surface area contributed by atoms with E-state index in [-0.39, 0.29) is 0 Å². The zero-order valence-electron chi connectivity index (χ0n) is 3.65. The SMILES string of the molecule is [B]OCC(C)Br. The Labute approximate surface area is 47.6 Å². The van der Waals surface area contributed by atoms with Crippen molar-refractivity contribution >= 4 is 24.0 Å². The summed E-state index contributed by atoms with van der Waals surface area (Å²) >= 11 is 3.23.